The average Bonchev–Trinajstić information content (AvgIpc) is 2.81. The van der Waals surface area contributed by atoms with Gasteiger partial charge in [-0.1, -0.05) is 0 Å². The number of ether oxygens (including phenoxy) is 3. The number of rotatable bonds is 0. The highest BCUT2D eigenvalue weighted by Crippen LogP contribution is 2.55. The van der Waals surface area contributed by atoms with Gasteiger partial charge in [0.1, 0.15) is 6.10 Å². The van der Waals surface area contributed by atoms with E-state index in [1.807, 2.05) is 0 Å². The van der Waals surface area contributed by atoms with Crippen LogP contribution in [0.25, 0.3) is 0 Å². The molecule has 2 bridgehead atoms. The summed E-state index contributed by atoms with van der Waals surface area (Å²) in [5, 5.41) is 0. The Morgan fingerprint density at radius 3 is 2.71 bits per heavy atom. The summed E-state index contributed by atoms with van der Waals surface area (Å²) in [6.07, 6.45) is 6.43. The topological polar surface area (TPSA) is 31.0 Å². The van der Waals surface area contributed by atoms with Gasteiger partial charge in [-0.2, -0.15) is 0 Å². The van der Waals surface area contributed by atoms with Gasteiger partial charge in [0.15, 0.2) is 0 Å². The molecule has 1 spiro atoms. The minimum absolute atomic E-state index is 0.0278. The molecular weight excluding hydrogens is 180 g/mol. The molecular formula is C11H16O3. The fourth-order valence-corrected chi connectivity index (χ4v) is 3.60. The number of fused-ring (bicyclic) bond motifs is 3. The maximum Gasteiger partial charge on any atom is 0.110 e. The second-order valence-electron chi connectivity index (χ2n) is 5.28. The SMILES string of the molecule is C[C@H]1CC[C@@H]2O[C@@H]3C[C@]2(C[C@H]2O[C@H]23)O1. The van der Waals surface area contributed by atoms with E-state index >= 15 is 0 Å². The highest BCUT2D eigenvalue weighted by molar-refractivity contribution is 5.14. The van der Waals surface area contributed by atoms with Crippen LogP contribution in [-0.2, 0) is 14.2 Å². The standard InChI is InChI=1S/C11H16O3/c1-6-2-3-9-11(14-6)4-7(12-9)10-8(5-11)13-10/h6-10H,2-5H2,1H3/t6-,7+,8+,9-,10-,11+/m0/s1. The first-order valence-electron chi connectivity index (χ1n) is 5.76. The lowest BCUT2D eigenvalue weighted by atomic mass is 9.79. The lowest BCUT2D eigenvalue weighted by Crippen LogP contribution is -2.49. The van der Waals surface area contributed by atoms with Crippen molar-refractivity contribution in [1.29, 1.82) is 0 Å². The Labute approximate surface area is 83.7 Å². The molecule has 0 N–H and O–H groups in total. The smallest absolute Gasteiger partial charge is 0.110 e. The van der Waals surface area contributed by atoms with Gasteiger partial charge in [0.2, 0.25) is 0 Å². The van der Waals surface area contributed by atoms with Gasteiger partial charge in [-0.3, -0.25) is 0 Å². The van der Waals surface area contributed by atoms with Gasteiger partial charge >= 0.3 is 0 Å². The Morgan fingerprint density at radius 2 is 1.86 bits per heavy atom. The zero-order valence-corrected chi connectivity index (χ0v) is 8.44. The molecule has 1 aliphatic carbocycles. The van der Waals surface area contributed by atoms with E-state index in [0.717, 1.165) is 19.3 Å². The van der Waals surface area contributed by atoms with Crippen molar-refractivity contribution in [3.8, 4) is 0 Å². The van der Waals surface area contributed by atoms with Crippen LogP contribution in [0.5, 0.6) is 0 Å². The molecule has 4 rings (SSSR count). The lowest BCUT2D eigenvalue weighted by Gasteiger charge is -2.41. The highest BCUT2D eigenvalue weighted by Gasteiger charge is 2.66. The van der Waals surface area contributed by atoms with Gasteiger partial charge in [-0.05, 0) is 19.8 Å². The van der Waals surface area contributed by atoms with Crippen LogP contribution in [0.15, 0.2) is 0 Å². The van der Waals surface area contributed by atoms with Crippen molar-refractivity contribution in [2.24, 2.45) is 0 Å². The Morgan fingerprint density at radius 1 is 1.07 bits per heavy atom. The van der Waals surface area contributed by atoms with E-state index in [1.165, 1.54) is 6.42 Å². The van der Waals surface area contributed by atoms with E-state index in [4.69, 9.17) is 14.2 Å². The summed E-state index contributed by atoms with van der Waals surface area (Å²) in [6.45, 7) is 2.18. The summed E-state index contributed by atoms with van der Waals surface area (Å²) >= 11 is 0. The number of hydrogen-bond donors (Lipinski definition) is 0. The van der Waals surface area contributed by atoms with Crippen molar-refractivity contribution >= 4 is 0 Å². The van der Waals surface area contributed by atoms with Crippen molar-refractivity contribution < 1.29 is 14.2 Å². The van der Waals surface area contributed by atoms with Gasteiger partial charge in [0.25, 0.3) is 0 Å². The summed E-state index contributed by atoms with van der Waals surface area (Å²) in [6, 6.07) is 0. The molecule has 4 fully saturated rings. The van der Waals surface area contributed by atoms with E-state index in [2.05, 4.69) is 6.92 Å². The first kappa shape index (κ1) is 8.08. The van der Waals surface area contributed by atoms with Crippen LogP contribution in [0.2, 0.25) is 0 Å². The average molecular weight is 196 g/mol. The van der Waals surface area contributed by atoms with E-state index in [9.17, 15) is 0 Å². The molecule has 0 unspecified atom stereocenters. The largest absolute Gasteiger partial charge is 0.369 e. The third-order valence-corrected chi connectivity index (χ3v) is 4.28. The molecule has 3 heterocycles. The van der Waals surface area contributed by atoms with Gasteiger partial charge in [-0.15, -0.1) is 0 Å². The van der Waals surface area contributed by atoms with Crippen molar-refractivity contribution in [3.63, 3.8) is 0 Å². The van der Waals surface area contributed by atoms with Crippen LogP contribution in [0, 0.1) is 0 Å². The summed E-state index contributed by atoms with van der Waals surface area (Å²) < 4.78 is 17.8. The molecule has 0 aromatic heterocycles. The predicted molar refractivity (Wildman–Crippen MR) is 49.1 cm³/mol. The highest BCUT2D eigenvalue weighted by atomic mass is 16.6. The third-order valence-electron chi connectivity index (χ3n) is 4.28. The van der Waals surface area contributed by atoms with Crippen LogP contribution < -0.4 is 0 Å². The van der Waals surface area contributed by atoms with Gasteiger partial charge in [0, 0.05) is 12.8 Å². The number of hydrogen-bond acceptors (Lipinski definition) is 3. The normalized spacial score (nSPS) is 64.5. The fourth-order valence-electron chi connectivity index (χ4n) is 3.60. The van der Waals surface area contributed by atoms with Crippen LogP contribution in [0.3, 0.4) is 0 Å². The van der Waals surface area contributed by atoms with Crippen molar-refractivity contribution in [2.75, 3.05) is 0 Å². The van der Waals surface area contributed by atoms with Gasteiger partial charge in [-0.25, -0.2) is 0 Å². The molecule has 0 radical (unpaired) electrons. The van der Waals surface area contributed by atoms with Crippen LogP contribution in [0.1, 0.15) is 32.6 Å². The van der Waals surface area contributed by atoms with Crippen molar-refractivity contribution in [2.45, 2.75) is 68.7 Å². The maximum atomic E-state index is 6.16. The summed E-state index contributed by atoms with van der Waals surface area (Å²) in [5.74, 6) is 0. The number of epoxide rings is 1. The minimum Gasteiger partial charge on any atom is -0.369 e. The first-order valence-corrected chi connectivity index (χ1v) is 5.76. The second kappa shape index (κ2) is 2.34. The monoisotopic (exact) mass is 196 g/mol. The molecule has 14 heavy (non-hydrogen) atoms. The molecule has 1 saturated carbocycles. The summed E-state index contributed by atoms with van der Waals surface area (Å²) in [4.78, 5) is 0. The minimum atomic E-state index is 0.0278. The molecule has 4 aliphatic rings. The molecule has 3 saturated heterocycles. The molecule has 6 atom stereocenters. The molecule has 78 valence electrons. The molecule has 3 nitrogen and oxygen atoms in total. The summed E-state index contributed by atoms with van der Waals surface area (Å²) in [5.41, 5.74) is 0.0278. The van der Waals surface area contributed by atoms with E-state index < -0.39 is 0 Å². The molecule has 0 aromatic carbocycles. The zero-order valence-electron chi connectivity index (χ0n) is 8.44. The van der Waals surface area contributed by atoms with Gasteiger partial charge in [0.05, 0.1) is 30.0 Å². The third kappa shape index (κ3) is 0.884. The summed E-state index contributed by atoms with van der Waals surface area (Å²) in [7, 11) is 0. The molecule has 3 aliphatic heterocycles. The maximum absolute atomic E-state index is 6.16. The van der Waals surface area contributed by atoms with Crippen LogP contribution in [-0.4, -0.2) is 36.1 Å². The fraction of sp³-hybridized carbons (Fsp3) is 1.00. The Kier molecular flexibility index (Phi) is 1.35. The predicted octanol–water partition coefficient (Wildman–Crippen LogP) is 1.25. The van der Waals surface area contributed by atoms with Crippen LogP contribution in [0.4, 0.5) is 0 Å². The molecule has 0 aromatic rings. The Hall–Kier alpha value is -0.120. The zero-order chi connectivity index (χ0) is 9.34. The molecule has 0 amide bonds. The van der Waals surface area contributed by atoms with Crippen molar-refractivity contribution in [3.05, 3.63) is 0 Å². The quantitative estimate of drug-likeness (QED) is 0.546. The van der Waals surface area contributed by atoms with Gasteiger partial charge < -0.3 is 14.2 Å². The van der Waals surface area contributed by atoms with E-state index in [1.54, 1.807) is 0 Å². The van der Waals surface area contributed by atoms with Crippen LogP contribution >= 0.6 is 0 Å². The van der Waals surface area contributed by atoms with E-state index in [-0.39, 0.29) is 5.60 Å². The lowest BCUT2D eigenvalue weighted by molar-refractivity contribution is -0.163. The first-order chi connectivity index (χ1) is 6.77. The van der Waals surface area contributed by atoms with E-state index in [0.29, 0.717) is 30.5 Å². The van der Waals surface area contributed by atoms with Crippen molar-refractivity contribution in [1.82, 2.24) is 0 Å². The Bertz CT molecular complexity index is 270. The molecule has 3 heteroatoms. The second-order valence-corrected chi connectivity index (χ2v) is 5.28. The Balaban J connectivity index is 1.69.